The van der Waals surface area contributed by atoms with Crippen molar-refractivity contribution in [3.05, 3.63) is 24.0 Å². The quantitative estimate of drug-likeness (QED) is 0.769. The largest absolute Gasteiger partial charge is 0.363 e. The Bertz CT molecular complexity index is 411. The van der Waals surface area contributed by atoms with Gasteiger partial charge >= 0.3 is 6.03 Å². The van der Waals surface area contributed by atoms with Crippen LogP contribution in [-0.2, 0) is 0 Å². The maximum Gasteiger partial charge on any atom is 0.318 e. The lowest BCUT2D eigenvalue weighted by atomic mass is 9.96. The Morgan fingerprint density at radius 3 is 3.11 bits per heavy atom. The lowest BCUT2D eigenvalue weighted by Crippen LogP contribution is -2.34. The Kier molecular flexibility index (Phi) is 3.73. The topological polar surface area (TPSA) is 60.2 Å². The Morgan fingerprint density at radius 1 is 1.42 bits per heavy atom. The van der Waals surface area contributed by atoms with Gasteiger partial charge in [0.1, 0.15) is 0 Å². The SMILES string of the molecule is O=C1NC(c2ccc[nH]2)CN1CCC1CCCNC1. The molecule has 5 nitrogen and oxygen atoms in total. The van der Waals surface area contributed by atoms with Crippen molar-refractivity contribution in [2.45, 2.75) is 25.3 Å². The van der Waals surface area contributed by atoms with E-state index < -0.39 is 0 Å². The van der Waals surface area contributed by atoms with Crippen LogP contribution in [0.5, 0.6) is 0 Å². The third kappa shape index (κ3) is 2.92. The highest BCUT2D eigenvalue weighted by atomic mass is 16.2. The van der Waals surface area contributed by atoms with Gasteiger partial charge in [-0.15, -0.1) is 0 Å². The number of H-pyrrole nitrogens is 1. The molecule has 104 valence electrons. The van der Waals surface area contributed by atoms with Gasteiger partial charge in [-0.2, -0.15) is 0 Å². The zero-order chi connectivity index (χ0) is 13.1. The van der Waals surface area contributed by atoms with Gasteiger partial charge in [0.15, 0.2) is 0 Å². The molecule has 2 aliphatic heterocycles. The molecule has 0 aromatic carbocycles. The van der Waals surface area contributed by atoms with Crippen molar-refractivity contribution in [1.29, 1.82) is 0 Å². The van der Waals surface area contributed by atoms with Crippen LogP contribution in [0.2, 0.25) is 0 Å². The van der Waals surface area contributed by atoms with Crippen LogP contribution in [-0.4, -0.2) is 42.1 Å². The molecule has 0 aliphatic carbocycles. The molecule has 3 heterocycles. The Hall–Kier alpha value is -1.49. The predicted octanol–water partition coefficient (Wildman–Crippen LogP) is 1.47. The maximum atomic E-state index is 11.9. The average molecular weight is 262 g/mol. The standard InChI is InChI=1S/C14H22N4O/c19-14-17-13(12-4-2-7-16-12)10-18(14)8-5-11-3-1-6-15-9-11/h2,4,7,11,13,15-16H,1,3,5-6,8-10H2,(H,17,19). The van der Waals surface area contributed by atoms with E-state index >= 15 is 0 Å². The van der Waals surface area contributed by atoms with Crippen molar-refractivity contribution in [3.63, 3.8) is 0 Å². The number of rotatable bonds is 4. The van der Waals surface area contributed by atoms with E-state index in [4.69, 9.17) is 0 Å². The summed E-state index contributed by atoms with van der Waals surface area (Å²) in [5, 5.41) is 6.46. The molecule has 1 aromatic heterocycles. The van der Waals surface area contributed by atoms with Crippen molar-refractivity contribution < 1.29 is 4.79 Å². The van der Waals surface area contributed by atoms with Gasteiger partial charge in [0.25, 0.3) is 0 Å². The summed E-state index contributed by atoms with van der Waals surface area (Å²) in [7, 11) is 0. The van der Waals surface area contributed by atoms with Crippen molar-refractivity contribution in [2.24, 2.45) is 5.92 Å². The van der Waals surface area contributed by atoms with E-state index in [9.17, 15) is 4.79 Å². The monoisotopic (exact) mass is 262 g/mol. The number of nitrogens with one attached hydrogen (secondary N) is 3. The van der Waals surface area contributed by atoms with E-state index in [2.05, 4.69) is 15.6 Å². The molecule has 2 atom stereocenters. The predicted molar refractivity (Wildman–Crippen MR) is 73.8 cm³/mol. The molecule has 19 heavy (non-hydrogen) atoms. The Balaban J connectivity index is 1.50. The van der Waals surface area contributed by atoms with Crippen LogP contribution >= 0.6 is 0 Å². The first-order valence-electron chi connectivity index (χ1n) is 7.22. The zero-order valence-electron chi connectivity index (χ0n) is 11.2. The molecule has 5 heteroatoms. The van der Waals surface area contributed by atoms with Crippen molar-refractivity contribution in [1.82, 2.24) is 20.5 Å². The smallest absolute Gasteiger partial charge is 0.318 e. The molecule has 3 N–H and O–H groups in total. The van der Waals surface area contributed by atoms with E-state index in [0.29, 0.717) is 0 Å². The highest BCUT2D eigenvalue weighted by Crippen LogP contribution is 2.21. The van der Waals surface area contributed by atoms with Gasteiger partial charge in [0, 0.05) is 25.0 Å². The lowest BCUT2D eigenvalue weighted by Gasteiger charge is -2.24. The van der Waals surface area contributed by atoms with E-state index in [1.165, 1.54) is 12.8 Å². The summed E-state index contributed by atoms with van der Waals surface area (Å²) in [5.74, 6) is 0.728. The number of nitrogens with zero attached hydrogens (tertiary/aromatic N) is 1. The molecule has 1 aromatic rings. The maximum absolute atomic E-state index is 11.9. The minimum absolute atomic E-state index is 0.0726. The van der Waals surface area contributed by atoms with Gasteiger partial charge in [-0.05, 0) is 50.4 Å². The average Bonchev–Trinajstić information content (AvgIpc) is 3.07. The second kappa shape index (κ2) is 5.65. The van der Waals surface area contributed by atoms with Crippen molar-refractivity contribution in [2.75, 3.05) is 26.2 Å². The number of carbonyl (C=O) groups excluding carboxylic acids is 1. The number of aromatic amines is 1. The second-order valence-electron chi connectivity index (χ2n) is 5.57. The lowest BCUT2D eigenvalue weighted by molar-refractivity contribution is 0.211. The van der Waals surface area contributed by atoms with Crippen LogP contribution in [0.15, 0.2) is 18.3 Å². The van der Waals surface area contributed by atoms with E-state index in [0.717, 1.165) is 44.2 Å². The number of amides is 2. The van der Waals surface area contributed by atoms with Crippen molar-refractivity contribution in [3.8, 4) is 0 Å². The van der Waals surface area contributed by atoms with Gasteiger partial charge in [0.05, 0.1) is 6.04 Å². The minimum Gasteiger partial charge on any atom is -0.363 e. The molecular weight excluding hydrogens is 240 g/mol. The highest BCUT2D eigenvalue weighted by Gasteiger charge is 2.30. The van der Waals surface area contributed by atoms with Crippen LogP contribution in [0.3, 0.4) is 0 Å². The molecule has 2 amide bonds. The summed E-state index contributed by atoms with van der Waals surface area (Å²) in [6, 6.07) is 4.19. The first kappa shape index (κ1) is 12.5. The zero-order valence-corrected chi connectivity index (χ0v) is 11.2. The molecule has 0 bridgehead atoms. The molecular formula is C14H22N4O. The van der Waals surface area contributed by atoms with E-state index in [1.54, 1.807) is 0 Å². The number of hydrogen-bond donors (Lipinski definition) is 3. The molecule has 3 rings (SSSR count). The molecule has 2 fully saturated rings. The summed E-state index contributed by atoms with van der Waals surface area (Å²) in [6.45, 7) is 3.90. The number of piperidine rings is 1. The first-order valence-corrected chi connectivity index (χ1v) is 7.22. The Morgan fingerprint density at radius 2 is 2.37 bits per heavy atom. The minimum atomic E-state index is 0.0726. The van der Waals surface area contributed by atoms with Crippen LogP contribution in [0.4, 0.5) is 4.79 Å². The first-order chi connectivity index (χ1) is 9.33. The Labute approximate surface area is 113 Å². The summed E-state index contributed by atoms with van der Waals surface area (Å²) in [5.41, 5.74) is 1.09. The number of aromatic nitrogens is 1. The van der Waals surface area contributed by atoms with Crippen LogP contribution in [0.25, 0.3) is 0 Å². The van der Waals surface area contributed by atoms with Crippen LogP contribution in [0.1, 0.15) is 31.0 Å². The van der Waals surface area contributed by atoms with Crippen LogP contribution < -0.4 is 10.6 Å². The van der Waals surface area contributed by atoms with Gasteiger partial charge < -0.3 is 20.5 Å². The third-order valence-corrected chi connectivity index (χ3v) is 4.19. The fourth-order valence-electron chi connectivity index (χ4n) is 3.03. The number of hydrogen-bond acceptors (Lipinski definition) is 2. The summed E-state index contributed by atoms with van der Waals surface area (Å²) in [4.78, 5) is 17.1. The molecule has 0 saturated carbocycles. The number of carbonyl (C=O) groups is 1. The molecule has 0 spiro atoms. The van der Waals surface area contributed by atoms with E-state index in [-0.39, 0.29) is 12.1 Å². The summed E-state index contributed by atoms with van der Waals surface area (Å²) in [6.07, 6.45) is 5.57. The van der Waals surface area contributed by atoms with Gasteiger partial charge in [0.2, 0.25) is 0 Å². The van der Waals surface area contributed by atoms with Gasteiger partial charge in [-0.3, -0.25) is 0 Å². The fourth-order valence-corrected chi connectivity index (χ4v) is 3.03. The molecule has 2 aliphatic rings. The molecule has 2 unspecified atom stereocenters. The highest BCUT2D eigenvalue weighted by molar-refractivity contribution is 5.77. The van der Waals surface area contributed by atoms with Crippen LogP contribution in [0, 0.1) is 5.92 Å². The third-order valence-electron chi connectivity index (χ3n) is 4.19. The number of urea groups is 1. The van der Waals surface area contributed by atoms with E-state index in [1.807, 2.05) is 23.2 Å². The summed E-state index contributed by atoms with van der Waals surface area (Å²) >= 11 is 0. The van der Waals surface area contributed by atoms with Gasteiger partial charge in [-0.1, -0.05) is 0 Å². The normalized spacial score (nSPS) is 27.6. The fraction of sp³-hybridized carbons (Fsp3) is 0.643. The molecule has 2 saturated heterocycles. The summed E-state index contributed by atoms with van der Waals surface area (Å²) < 4.78 is 0. The molecule has 0 radical (unpaired) electrons. The van der Waals surface area contributed by atoms with Gasteiger partial charge in [-0.25, -0.2) is 4.79 Å². The van der Waals surface area contributed by atoms with Crippen molar-refractivity contribution >= 4 is 6.03 Å². The second-order valence-corrected chi connectivity index (χ2v) is 5.57.